The summed E-state index contributed by atoms with van der Waals surface area (Å²) in [5, 5.41) is 6.92. The molecule has 2 heterocycles. The number of hydrogen-bond donors (Lipinski definition) is 2. The van der Waals surface area contributed by atoms with Crippen LogP contribution in [0, 0.1) is 5.41 Å². The van der Waals surface area contributed by atoms with Crippen molar-refractivity contribution in [1.29, 1.82) is 0 Å². The quantitative estimate of drug-likeness (QED) is 0.704. The first-order valence-corrected chi connectivity index (χ1v) is 8.34. The minimum Gasteiger partial charge on any atom is -0.460 e. The van der Waals surface area contributed by atoms with E-state index in [2.05, 4.69) is 24.5 Å². The van der Waals surface area contributed by atoms with Crippen LogP contribution in [0.1, 0.15) is 33.6 Å². The van der Waals surface area contributed by atoms with Crippen molar-refractivity contribution in [3.05, 3.63) is 0 Å². The average Bonchev–Trinajstić information content (AvgIpc) is 2.53. The van der Waals surface area contributed by atoms with Crippen LogP contribution in [0.3, 0.4) is 0 Å². The van der Waals surface area contributed by atoms with Crippen molar-refractivity contribution in [2.24, 2.45) is 5.41 Å². The van der Waals surface area contributed by atoms with Gasteiger partial charge in [-0.3, -0.25) is 4.79 Å². The van der Waals surface area contributed by atoms with Gasteiger partial charge in [0.2, 0.25) is 0 Å². The van der Waals surface area contributed by atoms with Crippen molar-refractivity contribution in [3.63, 3.8) is 0 Å². The lowest BCUT2D eigenvalue weighted by Gasteiger charge is -2.42. The zero-order valence-corrected chi connectivity index (χ0v) is 14.0. The molecule has 0 spiro atoms. The molecule has 2 aliphatic rings. The fourth-order valence-corrected chi connectivity index (χ4v) is 3.29. The molecule has 0 saturated carbocycles. The van der Waals surface area contributed by atoms with Crippen LogP contribution in [0.5, 0.6) is 0 Å². The van der Waals surface area contributed by atoms with Gasteiger partial charge >= 0.3 is 5.97 Å². The number of rotatable bonds is 6. The molecule has 0 aromatic carbocycles. The number of nitrogens with one attached hydrogen (secondary N) is 2. The van der Waals surface area contributed by atoms with Crippen molar-refractivity contribution < 1.29 is 19.0 Å². The van der Waals surface area contributed by atoms with Crippen molar-refractivity contribution in [2.45, 2.75) is 51.8 Å². The molecule has 2 N–H and O–H groups in total. The van der Waals surface area contributed by atoms with Gasteiger partial charge in [0.25, 0.3) is 0 Å². The van der Waals surface area contributed by atoms with E-state index in [9.17, 15) is 4.79 Å². The van der Waals surface area contributed by atoms with Crippen LogP contribution in [0.25, 0.3) is 0 Å². The molecule has 3 unspecified atom stereocenters. The monoisotopic (exact) mass is 314 g/mol. The largest absolute Gasteiger partial charge is 0.460 e. The average molecular weight is 314 g/mol. The van der Waals surface area contributed by atoms with Crippen molar-refractivity contribution in [1.82, 2.24) is 10.6 Å². The third-order valence-electron chi connectivity index (χ3n) is 4.40. The van der Waals surface area contributed by atoms with Crippen molar-refractivity contribution in [3.8, 4) is 0 Å². The number of carbonyl (C=O) groups is 1. The standard InChI is InChI=1S/C16H30N2O4/c1-4-14(19)22-15(13-11-21-8-6-18-13)16(2,3)9-12-10-20-7-5-17-12/h12-13,15,17-18H,4-11H2,1-3H3. The Bertz CT molecular complexity index is 350. The van der Waals surface area contributed by atoms with Gasteiger partial charge in [0.05, 0.1) is 32.5 Å². The van der Waals surface area contributed by atoms with E-state index in [0.717, 1.165) is 26.1 Å². The minimum atomic E-state index is -0.205. The van der Waals surface area contributed by atoms with E-state index in [0.29, 0.717) is 32.3 Å². The molecule has 2 rings (SSSR count). The lowest BCUT2D eigenvalue weighted by molar-refractivity contribution is -0.161. The Morgan fingerprint density at radius 1 is 1.23 bits per heavy atom. The van der Waals surface area contributed by atoms with Gasteiger partial charge in [-0.05, 0) is 6.42 Å². The fraction of sp³-hybridized carbons (Fsp3) is 0.938. The van der Waals surface area contributed by atoms with Gasteiger partial charge in [-0.1, -0.05) is 20.8 Å². The highest BCUT2D eigenvalue weighted by molar-refractivity contribution is 5.69. The molecular formula is C16H30N2O4. The molecule has 2 saturated heterocycles. The minimum absolute atomic E-state index is 0.0451. The highest BCUT2D eigenvalue weighted by Crippen LogP contribution is 2.33. The summed E-state index contributed by atoms with van der Waals surface area (Å²) < 4.78 is 16.9. The molecule has 0 aliphatic carbocycles. The Morgan fingerprint density at radius 3 is 2.45 bits per heavy atom. The van der Waals surface area contributed by atoms with E-state index < -0.39 is 0 Å². The van der Waals surface area contributed by atoms with Gasteiger partial charge < -0.3 is 24.8 Å². The Morgan fingerprint density at radius 2 is 1.91 bits per heavy atom. The topological polar surface area (TPSA) is 68.8 Å². The molecule has 0 bridgehead atoms. The highest BCUT2D eigenvalue weighted by atomic mass is 16.5. The van der Waals surface area contributed by atoms with Gasteiger partial charge in [0.15, 0.2) is 0 Å². The molecule has 22 heavy (non-hydrogen) atoms. The van der Waals surface area contributed by atoms with E-state index in [1.165, 1.54) is 0 Å². The Hall–Kier alpha value is -0.690. The maximum Gasteiger partial charge on any atom is 0.305 e. The number of hydrogen-bond acceptors (Lipinski definition) is 6. The van der Waals surface area contributed by atoms with Gasteiger partial charge in [-0.2, -0.15) is 0 Å². The second kappa shape index (κ2) is 8.24. The van der Waals surface area contributed by atoms with Crippen LogP contribution in [0.2, 0.25) is 0 Å². The smallest absolute Gasteiger partial charge is 0.305 e. The van der Waals surface area contributed by atoms with Crippen molar-refractivity contribution >= 4 is 5.97 Å². The summed E-state index contributed by atoms with van der Waals surface area (Å²) in [6.07, 6.45) is 1.08. The zero-order chi connectivity index (χ0) is 16.0. The van der Waals surface area contributed by atoms with E-state index in [-0.39, 0.29) is 23.5 Å². The van der Waals surface area contributed by atoms with E-state index in [1.807, 2.05) is 6.92 Å². The van der Waals surface area contributed by atoms with Gasteiger partial charge in [0.1, 0.15) is 6.10 Å². The molecule has 2 aliphatic heterocycles. The predicted molar refractivity (Wildman–Crippen MR) is 83.8 cm³/mol. The van der Waals surface area contributed by atoms with Gasteiger partial charge in [-0.15, -0.1) is 0 Å². The van der Waals surface area contributed by atoms with Crippen LogP contribution < -0.4 is 10.6 Å². The van der Waals surface area contributed by atoms with E-state index in [4.69, 9.17) is 14.2 Å². The Balaban J connectivity index is 2.04. The summed E-state index contributed by atoms with van der Waals surface area (Å²) in [7, 11) is 0. The molecule has 128 valence electrons. The summed E-state index contributed by atoms with van der Waals surface area (Å²) in [4.78, 5) is 11.9. The van der Waals surface area contributed by atoms with Crippen LogP contribution in [0.15, 0.2) is 0 Å². The third kappa shape index (κ3) is 4.91. The van der Waals surface area contributed by atoms with Gasteiger partial charge in [-0.25, -0.2) is 0 Å². The van der Waals surface area contributed by atoms with E-state index in [1.54, 1.807) is 0 Å². The molecule has 0 aromatic rings. The Kier molecular flexibility index (Phi) is 6.62. The lowest BCUT2D eigenvalue weighted by Crippen LogP contribution is -2.57. The zero-order valence-electron chi connectivity index (χ0n) is 14.0. The summed E-state index contributed by atoms with van der Waals surface area (Å²) in [5.41, 5.74) is -0.165. The molecule has 6 heteroatoms. The number of morpholine rings is 2. The highest BCUT2D eigenvalue weighted by Gasteiger charge is 2.41. The number of carbonyl (C=O) groups excluding carboxylic acids is 1. The molecule has 2 fully saturated rings. The summed E-state index contributed by atoms with van der Waals surface area (Å²) in [5.74, 6) is -0.154. The third-order valence-corrected chi connectivity index (χ3v) is 4.40. The fourth-order valence-electron chi connectivity index (χ4n) is 3.29. The van der Waals surface area contributed by atoms with Crippen molar-refractivity contribution in [2.75, 3.05) is 39.5 Å². The molecule has 6 nitrogen and oxygen atoms in total. The number of esters is 1. The van der Waals surface area contributed by atoms with Crippen LogP contribution in [-0.4, -0.2) is 63.7 Å². The first-order chi connectivity index (χ1) is 10.5. The van der Waals surface area contributed by atoms with Gasteiger partial charge in [0, 0.05) is 31.0 Å². The van der Waals surface area contributed by atoms with Crippen LogP contribution in [0.4, 0.5) is 0 Å². The second-order valence-electron chi connectivity index (χ2n) is 6.82. The maximum absolute atomic E-state index is 11.9. The lowest BCUT2D eigenvalue weighted by atomic mass is 9.77. The first-order valence-electron chi connectivity index (χ1n) is 8.34. The van der Waals surface area contributed by atoms with E-state index >= 15 is 0 Å². The summed E-state index contributed by atoms with van der Waals surface area (Å²) in [6, 6.07) is 0.347. The second-order valence-corrected chi connectivity index (χ2v) is 6.82. The molecule has 0 amide bonds. The predicted octanol–water partition coefficient (Wildman–Crippen LogP) is 0.701. The summed E-state index contributed by atoms with van der Waals surface area (Å²) >= 11 is 0. The normalized spacial score (nSPS) is 28.1. The molecule has 0 aromatic heterocycles. The van der Waals surface area contributed by atoms with Crippen LogP contribution in [-0.2, 0) is 19.0 Å². The SMILES string of the molecule is CCC(=O)OC(C1COCCN1)C(C)(C)CC1COCCN1. The summed E-state index contributed by atoms with van der Waals surface area (Å²) in [6.45, 7) is 10.6. The Labute approximate surface area is 133 Å². The number of ether oxygens (including phenoxy) is 3. The van der Waals surface area contributed by atoms with Crippen LogP contribution >= 0.6 is 0 Å². The maximum atomic E-state index is 11.9. The molecular weight excluding hydrogens is 284 g/mol. The molecule has 0 radical (unpaired) electrons. The first kappa shape index (κ1) is 17.7. The molecule has 3 atom stereocenters.